The normalized spacial score (nSPS) is 10.0. The molecule has 16 heteroatoms. The summed E-state index contributed by atoms with van der Waals surface area (Å²) < 4.78 is 0. The molecule has 0 amide bonds. The van der Waals surface area contributed by atoms with Crippen LogP contribution in [0.1, 0.15) is 80.5 Å². The van der Waals surface area contributed by atoms with E-state index < -0.39 is 0 Å². The van der Waals surface area contributed by atoms with Crippen LogP contribution in [0.2, 0.25) is 0 Å². The summed E-state index contributed by atoms with van der Waals surface area (Å²) in [5, 5.41) is 73.0. The summed E-state index contributed by atoms with van der Waals surface area (Å²) in [5.41, 5.74) is 14.1. The molecule has 5 aromatic carbocycles. The van der Waals surface area contributed by atoms with Crippen molar-refractivity contribution in [1.82, 2.24) is 0 Å². The Labute approximate surface area is 391 Å². The van der Waals surface area contributed by atoms with E-state index in [-0.39, 0.29) is 92.7 Å². The van der Waals surface area contributed by atoms with Gasteiger partial charge >= 0.3 is 64.8 Å². The van der Waals surface area contributed by atoms with Gasteiger partial charge in [0.25, 0.3) is 0 Å². The zero-order valence-corrected chi connectivity index (χ0v) is 40.4. The van der Waals surface area contributed by atoms with Crippen LogP contribution >= 0.6 is 0 Å². The third-order valence-corrected chi connectivity index (χ3v) is 8.13. The molecule has 8 N–H and O–H groups in total. The van der Waals surface area contributed by atoms with E-state index >= 15 is 0 Å². The molecule has 0 aliphatic carbocycles. The minimum absolute atomic E-state index is 0. The maximum absolute atomic E-state index is 10.2. The molecule has 0 aliphatic rings. The summed E-state index contributed by atoms with van der Waals surface area (Å²) >= 11 is 0. The van der Waals surface area contributed by atoms with Gasteiger partial charge in [0.2, 0.25) is 5.39 Å². The fraction of sp³-hybridized carbons (Fsp3) is 0.302. The van der Waals surface area contributed by atoms with E-state index in [9.17, 15) is 15.3 Å². The van der Waals surface area contributed by atoms with Crippen molar-refractivity contribution in [2.45, 2.75) is 87.0 Å². The summed E-state index contributed by atoms with van der Waals surface area (Å²) in [6, 6.07) is 24.0. The number of benzene rings is 5. The number of hydrogen-bond acceptors (Lipinski definition) is 13. The average Bonchev–Trinajstić information content (AvgIpc) is 3.09. The van der Waals surface area contributed by atoms with E-state index in [1.54, 1.807) is 49.4 Å². The van der Waals surface area contributed by atoms with Gasteiger partial charge in [-0.2, -0.15) is 10.2 Å². The molecule has 0 saturated heterocycles. The van der Waals surface area contributed by atoms with Crippen molar-refractivity contribution < 1.29 is 90.1 Å². The quantitative estimate of drug-likeness (QED) is 0.0231. The molecule has 0 atom stereocenters. The zero-order chi connectivity index (χ0) is 43.0. The maximum Gasteiger partial charge on any atom is 1.00 e. The fourth-order valence-corrected chi connectivity index (χ4v) is 4.93. The maximum atomic E-state index is 10.2. The Balaban J connectivity index is -0.000000726. The second kappa shape index (κ2) is 27.1. The van der Waals surface area contributed by atoms with Gasteiger partial charge in [-0.15, -0.1) is 5.34 Å². The van der Waals surface area contributed by atoms with Crippen molar-refractivity contribution in [1.29, 1.82) is 5.39 Å². The molecule has 0 radical (unpaired) electrons. The standard InChI is InChI=1S/C18H22N2O2.C11H16O.C7H6N2O.C7H9NO.HNO2.2Na.H2O/c1-11-9-14(21)6-7-16(11)20-19-13-8-12(2)17(22)15(10-13)18(3,4)5;1-8-6-5-7-9(10(8)12)11(2,3)4;1-5-4-6(10)2-3-7(5)9-8;1-5-4-6(9)2-3-7(5)8;2-1-3;;;/h6-10,21-22H,1-5H3;5-7,12H,1-4H3;2-4H,1H3;2-4,9H,8H2,1H3;(H,2,3);;;1H2/q;;;;;2*+1;/p-1. The number of anilines is 1. The Kier molecular flexibility index (Phi) is 26.9. The molecular weight excluding hydrogens is 774 g/mol. The first-order valence-corrected chi connectivity index (χ1v) is 17.5. The topological polar surface area (TPSA) is 263 Å². The van der Waals surface area contributed by atoms with Gasteiger partial charge in [-0.25, -0.2) is 0 Å². The number of azo groups is 1. The van der Waals surface area contributed by atoms with E-state index in [1.807, 2.05) is 78.8 Å². The molecule has 0 spiro atoms. The molecule has 14 nitrogen and oxygen atoms in total. The van der Waals surface area contributed by atoms with E-state index in [1.165, 1.54) is 12.1 Å². The fourth-order valence-electron chi connectivity index (χ4n) is 4.93. The molecule has 306 valence electrons. The summed E-state index contributed by atoms with van der Waals surface area (Å²) in [6.07, 6.45) is 0. The van der Waals surface area contributed by atoms with Crippen LogP contribution in [0.25, 0.3) is 4.98 Å². The van der Waals surface area contributed by atoms with Crippen LogP contribution < -0.4 is 64.8 Å². The largest absolute Gasteiger partial charge is 1.00 e. The monoisotopic (exact) mass is 829 g/mol. The van der Waals surface area contributed by atoms with E-state index in [2.05, 4.69) is 36.0 Å². The van der Waals surface area contributed by atoms with E-state index in [0.29, 0.717) is 34.2 Å². The van der Waals surface area contributed by atoms with Crippen molar-refractivity contribution in [3.63, 3.8) is 0 Å². The number of phenolic OH excluding ortho intramolecular Hbond substituents is 5. The van der Waals surface area contributed by atoms with Crippen LogP contribution in [-0.4, -0.2) is 31.0 Å². The average molecular weight is 830 g/mol. The van der Waals surface area contributed by atoms with Crippen LogP contribution in [0.5, 0.6) is 28.7 Å². The van der Waals surface area contributed by atoms with Gasteiger partial charge in [-0.1, -0.05) is 59.7 Å². The Morgan fingerprint density at radius 2 is 1.05 bits per heavy atom. The van der Waals surface area contributed by atoms with Crippen LogP contribution in [0, 0.1) is 50.1 Å². The zero-order valence-electron chi connectivity index (χ0n) is 36.4. The molecule has 0 aromatic heterocycles. The van der Waals surface area contributed by atoms with Gasteiger partial charge in [-0.3, -0.25) is 0 Å². The Bertz CT molecular complexity index is 2160. The minimum Gasteiger partial charge on any atom is -0.870 e. The van der Waals surface area contributed by atoms with Gasteiger partial charge in [0.1, 0.15) is 28.7 Å². The smallest absolute Gasteiger partial charge is 0.870 e. The number of nitrogens with zero attached hydrogens (tertiary/aromatic N) is 5. The Hall–Kier alpha value is -4.72. The van der Waals surface area contributed by atoms with Crippen molar-refractivity contribution in [3.8, 4) is 28.7 Å². The Morgan fingerprint density at radius 1 is 0.593 bits per heavy atom. The first kappa shape index (κ1) is 58.6. The minimum atomic E-state index is -0.172. The predicted molar refractivity (Wildman–Crippen MR) is 226 cm³/mol. The number of rotatable bonds is 2. The van der Waals surface area contributed by atoms with Crippen molar-refractivity contribution in [2.24, 2.45) is 15.6 Å². The molecule has 59 heavy (non-hydrogen) atoms. The molecule has 0 heterocycles. The number of nitrogen functional groups attached to an aromatic ring is 1. The first-order valence-electron chi connectivity index (χ1n) is 17.5. The molecule has 0 fully saturated rings. The summed E-state index contributed by atoms with van der Waals surface area (Å²) in [4.78, 5) is 11.0. The third kappa shape index (κ3) is 20.2. The van der Waals surface area contributed by atoms with Crippen LogP contribution in [-0.2, 0) is 10.8 Å². The second-order valence-corrected chi connectivity index (χ2v) is 15.0. The summed E-state index contributed by atoms with van der Waals surface area (Å²) in [6.45, 7) is 21.7. The predicted octanol–water partition coefficient (Wildman–Crippen LogP) is 5.98. The number of nitrogens with two attached hydrogens (primary N) is 1. The summed E-state index contributed by atoms with van der Waals surface area (Å²) in [7, 11) is 0. The SMILES string of the molecule is Cc1cc(O)ccc1N.Cc1cc(O)ccc1N=Nc1cc(C)c(O)c(C(C)(C)C)c1.Cc1cc(O)ccc1[N+]#N.Cc1cccc(C(C)(C)C)c1O.O=N[O-].[Na+].[Na+].[OH-]. The molecule has 0 bridgehead atoms. The molecule has 5 rings (SSSR count). The van der Waals surface area contributed by atoms with Crippen molar-refractivity contribution in [3.05, 3.63) is 139 Å². The van der Waals surface area contributed by atoms with Crippen molar-refractivity contribution in [2.75, 3.05) is 5.73 Å². The van der Waals surface area contributed by atoms with E-state index in [0.717, 1.165) is 44.3 Å². The molecular formula is C43H55N6Na2O8+. The number of diazo groups is 1. The van der Waals surface area contributed by atoms with Gasteiger partial charge in [0.15, 0.2) is 4.98 Å². The molecule has 0 saturated carbocycles. The van der Waals surface area contributed by atoms with Gasteiger partial charge < -0.3 is 46.9 Å². The number of aryl methyl sites for hydroxylation is 5. The second-order valence-electron chi connectivity index (χ2n) is 15.0. The molecule has 0 aliphatic heterocycles. The summed E-state index contributed by atoms with van der Waals surface area (Å²) in [5.74, 6) is 1.41. The van der Waals surface area contributed by atoms with Crippen molar-refractivity contribution >= 4 is 22.7 Å². The molecule has 0 unspecified atom stereocenters. The third-order valence-electron chi connectivity index (χ3n) is 8.13. The van der Waals surface area contributed by atoms with Gasteiger partial charge in [0, 0.05) is 22.9 Å². The first-order chi connectivity index (χ1) is 26.0. The van der Waals surface area contributed by atoms with Crippen LogP contribution in [0.4, 0.5) is 22.7 Å². The number of para-hydroxylation sites is 1. The van der Waals surface area contributed by atoms with Gasteiger partial charge in [-0.05, 0) is 134 Å². The molecule has 5 aromatic rings. The Morgan fingerprint density at radius 3 is 1.47 bits per heavy atom. The number of aromatic hydroxyl groups is 5. The van der Waals surface area contributed by atoms with Crippen LogP contribution in [0.3, 0.4) is 0 Å². The van der Waals surface area contributed by atoms with Gasteiger partial charge in [0.05, 0.1) is 11.4 Å². The number of hydrogen-bond donors (Lipinski definition) is 6. The van der Waals surface area contributed by atoms with E-state index in [4.69, 9.17) is 31.5 Å². The number of phenols is 5. The van der Waals surface area contributed by atoms with Crippen LogP contribution in [0.15, 0.2) is 100 Å².